The highest BCUT2D eigenvalue weighted by atomic mass is 19.2. The average molecular weight is 688 g/mol. The number of anilines is 1. The van der Waals surface area contributed by atoms with Crippen LogP contribution in [0.3, 0.4) is 0 Å². The van der Waals surface area contributed by atoms with Crippen molar-refractivity contribution in [1.82, 2.24) is 14.9 Å². The third-order valence-electron chi connectivity index (χ3n) is 8.56. The Bertz CT molecular complexity index is 1970. The summed E-state index contributed by atoms with van der Waals surface area (Å²) in [5, 5.41) is 2.85. The molecule has 0 bridgehead atoms. The van der Waals surface area contributed by atoms with E-state index in [2.05, 4.69) is 36.2 Å². The smallest absolute Gasteiger partial charge is 0.237 e. The molecule has 11 heteroatoms. The van der Waals surface area contributed by atoms with Gasteiger partial charge in [-0.05, 0) is 104 Å². The van der Waals surface area contributed by atoms with Crippen LogP contribution in [0, 0.1) is 23.3 Å². The molecule has 1 aromatic heterocycles. The number of carbonyl (C=O) groups excluding carboxylic acids is 2. The Balaban J connectivity index is 1.50. The Morgan fingerprint density at radius 1 is 0.820 bits per heavy atom. The van der Waals surface area contributed by atoms with Crippen LogP contribution in [-0.2, 0) is 22.6 Å². The van der Waals surface area contributed by atoms with Crippen molar-refractivity contribution in [2.24, 2.45) is 5.73 Å². The summed E-state index contributed by atoms with van der Waals surface area (Å²) in [6.45, 7) is 7.76. The fourth-order valence-corrected chi connectivity index (χ4v) is 6.13. The van der Waals surface area contributed by atoms with E-state index in [0.29, 0.717) is 33.5 Å². The molecular formula is C39H41F4N5O2. The first-order chi connectivity index (χ1) is 24.0. The van der Waals surface area contributed by atoms with Crippen LogP contribution in [0.2, 0.25) is 0 Å². The molecule has 3 N–H and O–H groups in total. The molecule has 0 spiro atoms. The van der Waals surface area contributed by atoms with Crippen LogP contribution < -0.4 is 16.0 Å². The van der Waals surface area contributed by atoms with Gasteiger partial charge in [-0.3, -0.25) is 9.59 Å². The van der Waals surface area contributed by atoms with Gasteiger partial charge in [0.15, 0.2) is 23.3 Å². The van der Waals surface area contributed by atoms with Gasteiger partial charge >= 0.3 is 0 Å². The minimum Gasteiger partial charge on any atom is -0.372 e. The summed E-state index contributed by atoms with van der Waals surface area (Å²) in [7, 11) is 0. The maximum Gasteiger partial charge on any atom is 0.237 e. The lowest BCUT2D eigenvalue weighted by atomic mass is 9.99. The molecule has 7 nitrogen and oxygen atoms in total. The van der Waals surface area contributed by atoms with Crippen LogP contribution in [0.25, 0.3) is 22.4 Å². The number of amides is 1. The maximum absolute atomic E-state index is 14.2. The number of rotatable bonds is 15. The Morgan fingerprint density at radius 2 is 1.44 bits per heavy atom. The molecule has 2 atom stereocenters. The van der Waals surface area contributed by atoms with Gasteiger partial charge in [-0.25, -0.2) is 22.5 Å². The fourth-order valence-electron chi connectivity index (χ4n) is 6.13. The van der Waals surface area contributed by atoms with Crippen LogP contribution >= 0.6 is 0 Å². The zero-order chi connectivity index (χ0) is 35.9. The van der Waals surface area contributed by atoms with Crippen LogP contribution in [0.5, 0.6) is 0 Å². The number of nitrogens with zero attached hydrogens (tertiary/aromatic N) is 3. The van der Waals surface area contributed by atoms with E-state index in [9.17, 15) is 27.2 Å². The van der Waals surface area contributed by atoms with E-state index < -0.39 is 41.3 Å². The highest BCUT2D eigenvalue weighted by Crippen LogP contribution is 2.31. The number of benzene rings is 4. The first kappa shape index (κ1) is 36.3. The molecule has 0 fully saturated rings. The van der Waals surface area contributed by atoms with Gasteiger partial charge in [0.2, 0.25) is 5.91 Å². The van der Waals surface area contributed by atoms with Crippen molar-refractivity contribution in [3.63, 3.8) is 0 Å². The van der Waals surface area contributed by atoms with Crippen LogP contribution in [0.1, 0.15) is 62.8 Å². The second kappa shape index (κ2) is 16.1. The number of Topliss-reactive ketones (excluding diaryl/α,β-unsaturated/α-hetero) is 1. The number of hydrogen-bond donors (Lipinski definition) is 2. The number of halogens is 4. The maximum atomic E-state index is 14.2. The zero-order valence-corrected chi connectivity index (χ0v) is 28.4. The molecule has 262 valence electrons. The minimum absolute atomic E-state index is 0.0228. The number of nitrogens with two attached hydrogens (primary N) is 1. The topological polar surface area (TPSA) is 93.2 Å². The Kier molecular flexibility index (Phi) is 11.7. The van der Waals surface area contributed by atoms with Gasteiger partial charge in [0.05, 0.1) is 23.1 Å². The van der Waals surface area contributed by atoms with Crippen molar-refractivity contribution in [2.45, 2.75) is 65.1 Å². The van der Waals surface area contributed by atoms with Crippen molar-refractivity contribution in [3.8, 4) is 11.4 Å². The van der Waals surface area contributed by atoms with E-state index in [0.717, 1.165) is 61.4 Å². The average Bonchev–Trinajstić information content (AvgIpc) is 3.44. The molecule has 0 aliphatic heterocycles. The van der Waals surface area contributed by atoms with E-state index in [1.165, 1.54) is 19.1 Å². The summed E-state index contributed by atoms with van der Waals surface area (Å²) in [5.74, 6) is -4.05. The van der Waals surface area contributed by atoms with Crippen molar-refractivity contribution in [3.05, 3.63) is 119 Å². The normalized spacial score (nSPS) is 12.6. The third-order valence-corrected chi connectivity index (χ3v) is 8.56. The summed E-state index contributed by atoms with van der Waals surface area (Å²) < 4.78 is 57.1. The largest absolute Gasteiger partial charge is 0.372 e. The van der Waals surface area contributed by atoms with E-state index in [4.69, 9.17) is 10.7 Å². The minimum atomic E-state index is -1.09. The van der Waals surface area contributed by atoms with Crippen LogP contribution in [0.4, 0.5) is 23.2 Å². The van der Waals surface area contributed by atoms with Crippen LogP contribution in [-0.4, -0.2) is 40.4 Å². The second-order valence-electron chi connectivity index (χ2n) is 12.6. The molecule has 1 heterocycles. The highest BCUT2D eigenvalue weighted by molar-refractivity contribution is 5.85. The Morgan fingerprint density at radius 3 is 2.04 bits per heavy atom. The summed E-state index contributed by atoms with van der Waals surface area (Å²) in [4.78, 5) is 32.8. The standard InChI is InChI=1S/C39H41F4N5O2/c1-4-16-47(17-5-2)29-11-8-27(9-12-29)38-45-36-22-28(10-15-37(36)48(38)23-26-7-14-31(41)33(43)20-26)35(18-24(3)49)46-39(50)34(44)21-25-6-13-30(40)32(42)19-25/h6-15,19-20,22,34-35H,4-5,16-18,21,23,44H2,1-3H3,(H,46,50)/t34-,35?/m0/s1. The highest BCUT2D eigenvalue weighted by Gasteiger charge is 2.23. The van der Waals surface area contributed by atoms with Crippen molar-refractivity contribution in [2.75, 3.05) is 18.0 Å². The lowest BCUT2D eigenvalue weighted by molar-refractivity contribution is -0.123. The third kappa shape index (κ3) is 8.57. The predicted octanol–water partition coefficient (Wildman–Crippen LogP) is 7.64. The molecule has 0 radical (unpaired) electrons. The molecule has 1 amide bonds. The first-order valence-corrected chi connectivity index (χ1v) is 16.8. The van der Waals surface area contributed by atoms with Gasteiger partial charge in [0.1, 0.15) is 11.6 Å². The molecule has 0 saturated carbocycles. The van der Waals surface area contributed by atoms with E-state index >= 15 is 0 Å². The zero-order valence-electron chi connectivity index (χ0n) is 28.4. The summed E-state index contributed by atoms with van der Waals surface area (Å²) >= 11 is 0. The molecule has 0 aliphatic carbocycles. The van der Waals surface area contributed by atoms with Gasteiger partial charge in [0, 0.05) is 37.3 Å². The molecular weight excluding hydrogens is 646 g/mol. The number of carbonyl (C=O) groups is 2. The van der Waals surface area contributed by atoms with E-state index in [-0.39, 0.29) is 25.2 Å². The fraction of sp³-hybridized carbons (Fsp3) is 0.308. The molecule has 50 heavy (non-hydrogen) atoms. The molecule has 0 aliphatic rings. The van der Waals surface area contributed by atoms with E-state index in [1.807, 2.05) is 22.8 Å². The lowest BCUT2D eigenvalue weighted by Crippen LogP contribution is -2.43. The SMILES string of the molecule is CCCN(CCC)c1ccc(-c2nc3cc(C(CC(C)=O)NC(=O)[C@@H](N)Cc4ccc(F)c(F)c4)ccc3n2Cc2ccc(F)c(F)c2)cc1. The number of ketones is 1. The number of fused-ring (bicyclic) bond motifs is 1. The quantitative estimate of drug-likeness (QED) is 0.110. The Labute approximate surface area is 289 Å². The van der Waals surface area contributed by atoms with Crippen molar-refractivity contribution < 1.29 is 27.2 Å². The summed E-state index contributed by atoms with van der Waals surface area (Å²) in [6.07, 6.45) is 1.96. The van der Waals surface area contributed by atoms with Crippen molar-refractivity contribution >= 4 is 28.4 Å². The molecule has 1 unspecified atom stereocenters. The summed E-state index contributed by atoms with van der Waals surface area (Å²) in [5.41, 5.74) is 10.8. The van der Waals surface area contributed by atoms with Gasteiger partial charge in [-0.15, -0.1) is 0 Å². The number of imidazole rings is 1. The molecule has 5 rings (SSSR count). The second-order valence-corrected chi connectivity index (χ2v) is 12.6. The monoisotopic (exact) mass is 687 g/mol. The lowest BCUT2D eigenvalue weighted by Gasteiger charge is -2.24. The number of hydrogen-bond acceptors (Lipinski definition) is 5. The Hall–Kier alpha value is -5.03. The van der Waals surface area contributed by atoms with Crippen LogP contribution in [0.15, 0.2) is 78.9 Å². The van der Waals surface area contributed by atoms with Gasteiger partial charge < -0.3 is 20.5 Å². The number of aromatic nitrogens is 2. The molecule has 5 aromatic rings. The van der Waals surface area contributed by atoms with Gasteiger partial charge in [0.25, 0.3) is 0 Å². The molecule has 4 aromatic carbocycles. The van der Waals surface area contributed by atoms with Crippen molar-refractivity contribution in [1.29, 1.82) is 0 Å². The number of nitrogens with one attached hydrogen (secondary N) is 1. The molecule has 0 saturated heterocycles. The van der Waals surface area contributed by atoms with E-state index in [1.54, 1.807) is 12.1 Å². The van der Waals surface area contributed by atoms with Gasteiger partial charge in [-0.1, -0.05) is 32.0 Å². The predicted molar refractivity (Wildman–Crippen MR) is 188 cm³/mol. The first-order valence-electron chi connectivity index (χ1n) is 16.8. The summed E-state index contributed by atoms with van der Waals surface area (Å²) in [6, 6.07) is 18.8. The van der Waals surface area contributed by atoms with Gasteiger partial charge in [-0.2, -0.15) is 0 Å².